The molecule has 0 aromatic rings. The van der Waals surface area contributed by atoms with Crippen LogP contribution in [0.5, 0.6) is 0 Å². The van der Waals surface area contributed by atoms with Crippen LogP contribution in [0.15, 0.2) is 11.6 Å². The highest BCUT2D eigenvalue weighted by atomic mass is 16.7. The van der Waals surface area contributed by atoms with Gasteiger partial charge >= 0.3 is 0 Å². The second kappa shape index (κ2) is 8.84. The van der Waals surface area contributed by atoms with Crippen molar-refractivity contribution in [2.24, 2.45) is 23.2 Å². The Hall–Kier alpha value is -0.420. The summed E-state index contributed by atoms with van der Waals surface area (Å²) in [5, 5.41) is 22.8. The lowest BCUT2D eigenvalue weighted by Crippen LogP contribution is -2.57. The Morgan fingerprint density at radius 2 is 1.63 bits per heavy atom. The lowest BCUT2D eigenvalue weighted by molar-refractivity contribution is -0.236. The largest absolute Gasteiger partial charge is 0.389 e. The van der Waals surface area contributed by atoms with Gasteiger partial charge in [-0.05, 0) is 56.8 Å². The molecule has 0 amide bonds. The van der Waals surface area contributed by atoms with Crippen LogP contribution in [0.25, 0.3) is 0 Å². The van der Waals surface area contributed by atoms with Crippen LogP contribution in [0.1, 0.15) is 99.3 Å². The molecule has 174 valence electrons. The van der Waals surface area contributed by atoms with Crippen LogP contribution in [0.4, 0.5) is 0 Å². The average molecular weight is 423 g/mol. The third kappa shape index (κ3) is 3.50. The van der Waals surface area contributed by atoms with Gasteiger partial charge < -0.3 is 19.7 Å². The number of fused-ring (bicyclic) bond motifs is 5. The minimum Gasteiger partial charge on any atom is -0.389 e. The van der Waals surface area contributed by atoms with E-state index in [1.165, 1.54) is 5.57 Å². The third-order valence-electron chi connectivity index (χ3n) is 9.15. The Balaban J connectivity index is 0.000000606. The number of aliphatic hydroxyl groups is 2. The summed E-state index contributed by atoms with van der Waals surface area (Å²) in [6.07, 6.45) is 10.6. The van der Waals surface area contributed by atoms with E-state index < -0.39 is 17.0 Å². The fourth-order valence-electron chi connectivity index (χ4n) is 7.59. The summed E-state index contributed by atoms with van der Waals surface area (Å²) in [6, 6.07) is 0. The molecule has 4 nitrogen and oxygen atoms in total. The molecule has 5 rings (SSSR count). The molecule has 4 fully saturated rings. The molecule has 1 saturated heterocycles. The molecule has 3 unspecified atom stereocenters. The Labute approximate surface area is 184 Å². The molecule has 0 aromatic carbocycles. The number of hydrogen-bond acceptors (Lipinski definition) is 4. The van der Waals surface area contributed by atoms with Crippen molar-refractivity contribution in [2.45, 2.75) is 116 Å². The van der Waals surface area contributed by atoms with Crippen molar-refractivity contribution in [2.75, 3.05) is 13.2 Å². The Morgan fingerprint density at radius 3 is 2.27 bits per heavy atom. The van der Waals surface area contributed by atoms with Crippen molar-refractivity contribution < 1.29 is 19.7 Å². The zero-order valence-electron chi connectivity index (χ0n) is 20.3. The maximum absolute atomic E-state index is 11.6. The van der Waals surface area contributed by atoms with Gasteiger partial charge in [-0.3, -0.25) is 0 Å². The van der Waals surface area contributed by atoms with Crippen LogP contribution in [0.2, 0.25) is 0 Å². The summed E-state index contributed by atoms with van der Waals surface area (Å²) >= 11 is 0. The monoisotopic (exact) mass is 422 g/mol. The van der Waals surface area contributed by atoms with Crippen LogP contribution in [0.3, 0.4) is 0 Å². The van der Waals surface area contributed by atoms with Crippen LogP contribution < -0.4 is 0 Å². The molecule has 2 N–H and O–H groups in total. The SMILES string of the molecule is CC.CC.CC[C@]1(O)CC[C@H]2C3CC[C@@]4(O)CC5(CCC4C3=CCC21C)OCCO5. The van der Waals surface area contributed by atoms with E-state index in [4.69, 9.17) is 9.47 Å². The summed E-state index contributed by atoms with van der Waals surface area (Å²) in [4.78, 5) is 0. The number of rotatable bonds is 1. The van der Waals surface area contributed by atoms with Gasteiger partial charge in [0.05, 0.1) is 24.4 Å². The Bertz CT molecular complexity index is 625. The van der Waals surface area contributed by atoms with E-state index in [1.54, 1.807) is 0 Å². The Kier molecular flexibility index (Phi) is 7.14. The summed E-state index contributed by atoms with van der Waals surface area (Å²) in [5.41, 5.74) is 0.293. The van der Waals surface area contributed by atoms with Gasteiger partial charge in [0.25, 0.3) is 0 Å². The predicted octanol–water partition coefficient (Wildman–Crippen LogP) is 5.61. The van der Waals surface area contributed by atoms with Gasteiger partial charge in [0.2, 0.25) is 0 Å². The van der Waals surface area contributed by atoms with Gasteiger partial charge in [-0.15, -0.1) is 0 Å². The van der Waals surface area contributed by atoms with Gasteiger partial charge in [0, 0.05) is 24.2 Å². The highest BCUT2D eigenvalue weighted by molar-refractivity contribution is 5.29. The second-order valence-electron chi connectivity index (χ2n) is 9.98. The molecule has 1 heterocycles. The molecule has 5 aliphatic rings. The minimum atomic E-state index is -0.682. The normalized spacial score (nSPS) is 45.7. The van der Waals surface area contributed by atoms with Crippen molar-refractivity contribution in [1.29, 1.82) is 0 Å². The molecule has 6 atom stereocenters. The maximum Gasteiger partial charge on any atom is 0.171 e. The van der Waals surface area contributed by atoms with Crippen LogP contribution >= 0.6 is 0 Å². The molecule has 0 radical (unpaired) electrons. The smallest absolute Gasteiger partial charge is 0.171 e. The van der Waals surface area contributed by atoms with Gasteiger partial charge in [-0.2, -0.15) is 0 Å². The lowest BCUT2D eigenvalue weighted by atomic mass is 9.51. The molecule has 0 aromatic heterocycles. The minimum absolute atomic E-state index is 0.00105. The molecule has 30 heavy (non-hydrogen) atoms. The van der Waals surface area contributed by atoms with Crippen LogP contribution in [-0.4, -0.2) is 40.4 Å². The van der Waals surface area contributed by atoms with Gasteiger partial charge in [-0.1, -0.05) is 53.2 Å². The molecular weight excluding hydrogens is 376 g/mol. The maximum atomic E-state index is 11.6. The fraction of sp³-hybridized carbons (Fsp3) is 0.923. The number of allylic oxidation sites excluding steroid dienone is 1. The Morgan fingerprint density at radius 1 is 0.967 bits per heavy atom. The number of ether oxygens (including phenoxy) is 2. The van der Waals surface area contributed by atoms with Crippen molar-refractivity contribution in [3.63, 3.8) is 0 Å². The van der Waals surface area contributed by atoms with E-state index in [9.17, 15) is 10.2 Å². The molecule has 3 saturated carbocycles. The van der Waals surface area contributed by atoms with Crippen molar-refractivity contribution in [3.05, 3.63) is 11.6 Å². The van der Waals surface area contributed by atoms with Crippen molar-refractivity contribution in [1.82, 2.24) is 0 Å². The molecule has 1 spiro atoms. The highest BCUT2D eigenvalue weighted by Gasteiger charge is 2.63. The topological polar surface area (TPSA) is 58.9 Å². The molecular formula is C26H46O4. The van der Waals surface area contributed by atoms with E-state index >= 15 is 0 Å². The third-order valence-corrected chi connectivity index (χ3v) is 9.15. The van der Waals surface area contributed by atoms with E-state index in [0.29, 0.717) is 31.5 Å². The summed E-state index contributed by atoms with van der Waals surface area (Å²) in [5.74, 6) is 0.822. The number of hydrogen-bond donors (Lipinski definition) is 2. The summed E-state index contributed by atoms with van der Waals surface area (Å²) < 4.78 is 11.8. The van der Waals surface area contributed by atoms with Crippen molar-refractivity contribution in [3.8, 4) is 0 Å². The fourth-order valence-corrected chi connectivity index (χ4v) is 7.59. The second-order valence-corrected chi connectivity index (χ2v) is 9.98. The summed E-state index contributed by atoms with van der Waals surface area (Å²) in [6.45, 7) is 13.8. The standard InChI is InChI=1S/C22H34O4.2C2H6/c1-3-21(24)10-6-17-15-5-9-20(23)14-22(25-12-13-26-22)11-7-18(20)16(15)4-8-19(17,21)2;2*1-2/h4,15,17-18,23-24H,3,5-14H2,1-2H3;2*1-2H3/t15?,17-,18?,19?,20+,21-;;/m0../s1. The zero-order chi connectivity index (χ0) is 22.2. The predicted molar refractivity (Wildman–Crippen MR) is 121 cm³/mol. The van der Waals surface area contributed by atoms with Crippen LogP contribution in [-0.2, 0) is 9.47 Å². The van der Waals surface area contributed by atoms with E-state index in [2.05, 4.69) is 19.9 Å². The quantitative estimate of drug-likeness (QED) is 0.539. The molecule has 1 aliphatic heterocycles. The zero-order valence-corrected chi connectivity index (χ0v) is 20.3. The van der Waals surface area contributed by atoms with Crippen molar-refractivity contribution >= 4 is 0 Å². The first-order valence-electron chi connectivity index (χ1n) is 12.8. The molecule has 0 bridgehead atoms. The van der Waals surface area contributed by atoms with E-state index in [1.807, 2.05) is 27.7 Å². The highest BCUT2D eigenvalue weighted by Crippen LogP contribution is 2.65. The lowest BCUT2D eigenvalue weighted by Gasteiger charge is -2.57. The average Bonchev–Trinajstić information content (AvgIpc) is 3.32. The van der Waals surface area contributed by atoms with Crippen LogP contribution in [0, 0.1) is 23.2 Å². The van der Waals surface area contributed by atoms with E-state index in [0.717, 1.165) is 51.4 Å². The van der Waals surface area contributed by atoms with Gasteiger partial charge in [0.15, 0.2) is 5.79 Å². The summed E-state index contributed by atoms with van der Waals surface area (Å²) in [7, 11) is 0. The van der Waals surface area contributed by atoms with Gasteiger partial charge in [-0.25, -0.2) is 0 Å². The first kappa shape index (κ1) is 24.2. The van der Waals surface area contributed by atoms with Gasteiger partial charge in [0.1, 0.15) is 0 Å². The molecule has 4 aliphatic carbocycles. The molecule has 4 heteroatoms. The first-order chi connectivity index (χ1) is 14.3. The van der Waals surface area contributed by atoms with E-state index in [-0.39, 0.29) is 11.3 Å². The first-order valence-corrected chi connectivity index (χ1v) is 12.8.